The van der Waals surface area contributed by atoms with Crippen molar-refractivity contribution in [3.8, 4) is 0 Å². The van der Waals surface area contributed by atoms with E-state index in [0.717, 1.165) is 49.1 Å². The molecule has 2 heterocycles. The molecule has 2 aliphatic carbocycles. The number of pyridine rings is 1. The van der Waals surface area contributed by atoms with Crippen LogP contribution in [0.1, 0.15) is 42.5 Å². The molecule has 0 spiro atoms. The maximum Gasteiger partial charge on any atom is 0.139 e. The van der Waals surface area contributed by atoms with E-state index in [0.29, 0.717) is 0 Å². The third-order valence-corrected chi connectivity index (χ3v) is 5.35. The number of nitrogens with zero attached hydrogens (tertiary/aromatic N) is 2. The minimum absolute atomic E-state index is 0.166. The highest BCUT2D eigenvalue weighted by Gasteiger charge is 2.37. The maximum atomic E-state index is 7.87. The minimum atomic E-state index is 0.166. The lowest BCUT2D eigenvalue weighted by Gasteiger charge is -2.22. The topological polar surface area (TPSA) is 66.0 Å². The second-order valence-electron chi connectivity index (χ2n) is 6.59. The summed E-state index contributed by atoms with van der Waals surface area (Å²) < 4.78 is 0. The molecule has 106 valence electrons. The zero-order valence-corrected chi connectivity index (χ0v) is 11.9. The van der Waals surface area contributed by atoms with Crippen molar-refractivity contribution < 1.29 is 0 Å². The SMILES string of the molecule is N=C(N)c1cc2c(nc1N1CC3CCCC3C1)CCC2. The van der Waals surface area contributed by atoms with Gasteiger partial charge in [-0.2, -0.15) is 0 Å². The van der Waals surface area contributed by atoms with Crippen LogP contribution >= 0.6 is 0 Å². The first-order chi connectivity index (χ1) is 9.72. The molecule has 0 radical (unpaired) electrons. The van der Waals surface area contributed by atoms with Gasteiger partial charge in [-0.3, -0.25) is 5.41 Å². The number of amidine groups is 1. The monoisotopic (exact) mass is 270 g/mol. The Labute approximate surface area is 119 Å². The van der Waals surface area contributed by atoms with Gasteiger partial charge in [0.15, 0.2) is 0 Å². The molecule has 2 atom stereocenters. The van der Waals surface area contributed by atoms with Crippen molar-refractivity contribution >= 4 is 11.7 Å². The Morgan fingerprint density at radius 2 is 1.95 bits per heavy atom. The predicted octanol–water partition coefficient (Wildman–Crippen LogP) is 2.09. The van der Waals surface area contributed by atoms with Gasteiger partial charge in [-0.1, -0.05) is 6.42 Å². The first kappa shape index (κ1) is 12.2. The number of fused-ring (bicyclic) bond motifs is 2. The highest BCUT2D eigenvalue weighted by Crippen LogP contribution is 2.40. The average molecular weight is 270 g/mol. The number of nitrogens with one attached hydrogen (secondary N) is 1. The van der Waals surface area contributed by atoms with Crippen LogP contribution in [0.5, 0.6) is 0 Å². The van der Waals surface area contributed by atoms with E-state index in [9.17, 15) is 0 Å². The van der Waals surface area contributed by atoms with E-state index in [1.165, 1.54) is 36.9 Å². The van der Waals surface area contributed by atoms with Crippen LogP contribution in [0.4, 0.5) is 5.82 Å². The summed E-state index contributed by atoms with van der Waals surface area (Å²) in [6.45, 7) is 2.22. The quantitative estimate of drug-likeness (QED) is 0.639. The van der Waals surface area contributed by atoms with E-state index in [2.05, 4.69) is 11.0 Å². The molecule has 4 heteroatoms. The van der Waals surface area contributed by atoms with E-state index in [1.54, 1.807) is 0 Å². The zero-order valence-electron chi connectivity index (χ0n) is 11.9. The zero-order chi connectivity index (χ0) is 13.7. The van der Waals surface area contributed by atoms with E-state index in [-0.39, 0.29) is 5.84 Å². The predicted molar refractivity (Wildman–Crippen MR) is 80.3 cm³/mol. The molecule has 4 rings (SSSR count). The van der Waals surface area contributed by atoms with Gasteiger partial charge in [-0.15, -0.1) is 0 Å². The number of nitrogens with two attached hydrogens (primary N) is 1. The van der Waals surface area contributed by atoms with Crippen molar-refractivity contribution in [1.82, 2.24) is 4.98 Å². The van der Waals surface area contributed by atoms with E-state index >= 15 is 0 Å². The first-order valence-electron chi connectivity index (χ1n) is 7.84. The van der Waals surface area contributed by atoms with E-state index in [1.807, 2.05) is 0 Å². The number of hydrogen-bond acceptors (Lipinski definition) is 3. The second kappa shape index (κ2) is 4.47. The van der Waals surface area contributed by atoms with Crippen LogP contribution in [-0.4, -0.2) is 23.9 Å². The van der Waals surface area contributed by atoms with Crippen molar-refractivity contribution in [2.24, 2.45) is 17.6 Å². The van der Waals surface area contributed by atoms with Crippen molar-refractivity contribution in [2.75, 3.05) is 18.0 Å². The third kappa shape index (κ3) is 1.81. The van der Waals surface area contributed by atoms with Crippen LogP contribution in [0.25, 0.3) is 0 Å². The summed E-state index contributed by atoms with van der Waals surface area (Å²) in [6, 6.07) is 2.13. The van der Waals surface area contributed by atoms with Gasteiger partial charge in [0.25, 0.3) is 0 Å². The van der Waals surface area contributed by atoms with Crippen molar-refractivity contribution in [3.05, 3.63) is 22.9 Å². The van der Waals surface area contributed by atoms with E-state index < -0.39 is 0 Å². The second-order valence-corrected chi connectivity index (χ2v) is 6.59. The van der Waals surface area contributed by atoms with Gasteiger partial charge < -0.3 is 10.6 Å². The third-order valence-electron chi connectivity index (χ3n) is 5.35. The van der Waals surface area contributed by atoms with Crippen molar-refractivity contribution in [3.63, 3.8) is 0 Å². The van der Waals surface area contributed by atoms with Gasteiger partial charge in [0.2, 0.25) is 0 Å². The molecule has 3 N–H and O–H groups in total. The summed E-state index contributed by atoms with van der Waals surface area (Å²) >= 11 is 0. The van der Waals surface area contributed by atoms with E-state index in [4.69, 9.17) is 16.1 Å². The van der Waals surface area contributed by atoms with Gasteiger partial charge in [0.1, 0.15) is 11.7 Å². The molecular weight excluding hydrogens is 248 g/mol. The van der Waals surface area contributed by atoms with Crippen LogP contribution in [0.2, 0.25) is 0 Å². The van der Waals surface area contributed by atoms with Crippen LogP contribution in [0.3, 0.4) is 0 Å². The summed E-state index contributed by atoms with van der Waals surface area (Å²) in [7, 11) is 0. The van der Waals surface area contributed by atoms with Gasteiger partial charge in [0, 0.05) is 18.8 Å². The molecule has 1 aromatic heterocycles. The Kier molecular flexibility index (Phi) is 2.72. The summed E-state index contributed by atoms with van der Waals surface area (Å²) in [5, 5.41) is 7.87. The van der Waals surface area contributed by atoms with Gasteiger partial charge in [-0.05, 0) is 55.6 Å². The van der Waals surface area contributed by atoms with Gasteiger partial charge in [0.05, 0.1) is 5.56 Å². The highest BCUT2D eigenvalue weighted by atomic mass is 15.2. The molecule has 2 unspecified atom stereocenters. The molecule has 0 amide bonds. The van der Waals surface area contributed by atoms with Gasteiger partial charge in [-0.25, -0.2) is 4.98 Å². The first-order valence-corrected chi connectivity index (χ1v) is 7.84. The standard InChI is InChI=1S/C16H22N4/c17-15(18)13-7-10-3-2-6-14(10)19-16(13)20-8-11-4-1-5-12(11)9-20/h7,11-12H,1-6,8-9H2,(H3,17,18). The molecule has 1 saturated heterocycles. The summed E-state index contributed by atoms with van der Waals surface area (Å²) in [5.74, 6) is 2.82. The smallest absolute Gasteiger partial charge is 0.139 e. The number of aryl methyl sites for hydroxylation is 2. The Balaban J connectivity index is 1.72. The lowest BCUT2D eigenvalue weighted by Crippen LogP contribution is -2.26. The Morgan fingerprint density at radius 1 is 1.20 bits per heavy atom. The molecule has 0 bridgehead atoms. The van der Waals surface area contributed by atoms with Gasteiger partial charge >= 0.3 is 0 Å². The highest BCUT2D eigenvalue weighted by molar-refractivity contribution is 6.00. The number of anilines is 1. The summed E-state index contributed by atoms with van der Waals surface area (Å²) in [6.07, 6.45) is 7.48. The molecule has 2 fully saturated rings. The molecule has 4 nitrogen and oxygen atoms in total. The fourth-order valence-electron chi connectivity index (χ4n) is 4.31. The summed E-state index contributed by atoms with van der Waals surface area (Å²) in [5.41, 5.74) is 9.20. The molecule has 1 saturated carbocycles. The average Bonchev–Trinajstić information content (AvgIpc) is 3.11. The molecule has 0 aromatic carbocycles. The minimum Gasteiger partial charge on any atom is -0.384 e. The Bertz CT molecular complexity index is 554. The Morgan fingerprint density at radius 3 is 2.65 bits per heavy atom. The van der Waals surface area contributed by atoms with Crippen molar-refractivity contribution in [1.29, 1.82) is 5.41 Å². The summed E-state index contributed by atoms with van der Waals surface area (Å²) in [4.78, 5) is 7.28. The number of aromatic nitrogens is 1. The van der Waals surface area contributed by atoms with Crippen LogP contribution < -0.4 is 10.6 Å². The van der Waals surface area contributed by atoms with Crippen LogP contribution in [0.15, 0.2) is 6.07 Å². The number of rotatable bonds is 2. The molecular formula is C16H22N4. The molecule has 1 aliphatic heterocycles. The largest absolute Gasteiger partial charge is 0.384 e. The maximum absolute atomic E-state index is 7.87. The Hall–Kier alpha value is -1.58. The molecule has 20 heavy (non-hydrogen) atoms. The fourth-order valence-corrected chi connectivity index (χ4v) is 4.31. The molecule has 3 aliphatic rings. The fraction of sp³-hybridized carbons (Fsp3) is 0.625. The number of hydrogen-bond donors (Lipinski definition) is 2. The van der Waals surface area contributed by atoms with Crippen LogP contribution in [0, 0.1) is 17.2 Å². The normalized spacial score (nSPS) is 27.7. The lowest BCUT2D eigenvalue weighted by atomic mass is 10.0. The number of nitrogen functional groups attached to an aromatic ring is 1. The molecule has 1 aromatic rings. The van der Waals surface area contributed by atoms with Crippen molar-refractivity contribution in [2.45, 2.75) is 38.5 Å². The van der Waals surface area contributed by atoms with Crippen LogP contribution in [-0.2, 0) is 12.8 Å². The lowest BCUT2D eigenvalue weighted by molar-refractivity contribution is 0.494.